The van der Waals surface area contributed by atoms with Crippen LogP contribution in [0, 0.1) is 29.6 Å². The van der Waals surface area contributed by atoms with Crippen molar-refractivity contribution in [3.05, 3.63) is 214 Å². The lowest BCUT2D eigenvalue weighted by atomic mass is 9.68. The van der Waals surface area contributed by atoms with E-state index >= 15 is 0 Å². The van der Waals surface area contributed by atoms with Crippen molar-refractivity contribution < 1.29 is 0 Å². The van der Waals surface area contributed by atoms with Gasteiger partial charge in [0.25, 0.3) is 0 Å². The third-order valence-electron chi connectivity index (χ3n) is 10.1. The Labute approximate surface area is 295 Å². The Morgan fingerprint density at radius 2 is 1.16 bits per heavy atom. The van der Waals surface area contributed by atoms with Crippen molar-refractivity contribution in [1.29, 1.82) is 10.5 Å². The third kappa shape index (κ3) is 5.48. The first-order valence-corrected chi connectivity index (χ1v) is 16.9. The molecule has 238 valence electrons. The molecule has 0 spiro atoms. The molecule has 2 heteroatoms. The van der Waals surface area contributed by atoms with Crippen LogP contribution in [0.3, 0.4) is 0 Å². The van der Waals surface area contributed by atoms with Crippen molar-refractivity contribution in [3.63, 3.8) is 0 Å². The van der Waals surface area contributed by atoms with Gasteiger partial charge in [0.15, 0.2) is 0 Å². The van der Waals surface area contributed by atoms with Gasteiger partial charge in [-0.05, 0) is 98.0 Å². The van der Waals surface area contributed by atoms with E-state index in [1.807, 2.05) is 66.7 Å². The molecule has 7 rings (SSSR count). The topological polar surface area (TPSA) is 47.6 Å². The summed E-state index contributed by atoms with van der Waals surface area (Å²) in [6.07, 6.45) is 3.69. The van der Waals surface area contributed by atoms with Crippen LogP contribution in [0.15, 0.2) is 159 Å². The van der Waals surface area contributed by atoms with Gasteiger partial charge in [-0.25, -0.2) is 0 Å². The second-order valence-electron chi connectivity index (χ2n) is 12.8. The summed E-state index contributed by atoms with van der Waals surface area (Å²) in [7, 11) is 0. The van der Waals surface area contributed by atoms with Gasteiger partial charge >= 0.3 is 0 Å². The molecule has 0 radical (unpaired) electrons. The molecule has 6 aromatic carbocycles. The van der Waals surface area contributed by atoms with Crippen molar-refractivity contribution in [3.8, 4) is 34.4 Å². The maximum Gasteiger partial charge on any atom is 0.0998 e. The maximum absolute atomic E-state index is 10.6. The summed E-state index contributed by atoms with van der Waals surface area (Å²) in [6.45, 7) is 12.7. The SMILES string of the molecule is C=C/C(=C(\C=C)c1cc2c(cc1C#N)C(C)c1ccccc1C2c1cc(-c2ccccc2-c2ccccc2)c(C#N)cc1C)c1ccccc1. The van der Waals surface area contributed by atoms with Crippen molar-refractivity contribution in [2.24, 2.45) is 0 Å². The number of rotatable bonds is 7. The normalized spacial score (nSPS) is 15.0. The van der Waals surface area contributed by atoms with Gasteiger partial charge in [-0.15, -0.1) is 0 Å². The summed E-state index contributed by atoms with van der Waals surface area (Å²) in [4.78, 5) is 0. The van der Waals surface area contributed by atoms with Gasteiger partial charge in [0.05, 0.1) is 23.3 Å². The van der Waals surface area contributed by atoms with E-state index in [1.54, 1.807) is 0 Å². The average molecular weight is 641 g/mol. The number of fused-ring (bicyclic) bond motifs is 2. The van der Waals surface area contributed by atoms with Crippen LogP contribution in [0.1, 0.15) is 74.4 Å². The van der Waals surface area contributed by atoms with E-state index in [0.717, 1.165) is 66.8 Å². The lowest BCUT2D eigenvalue weighted by Gasteiger charge is -2.35. The summed E-state index contributed by atoms with van der Waals surface area (Å²) in [5.41, 5.74) is 15.9. The van der Waals surface area contributed by atoms with Crippen LogP contribution >= 0.6 is 0 Å². The van der Waals surface area contributed by atoms with E-state index in [0.29, 0.717) is 11.1 Å². The molecule has 2 nitrogen and oxygen atoms in total. The molecule has 50 heavy (non-hydrogen) atoms. The monoisotopic (exact) mass is 640 g/mol. The zero-order valence-electron chi connectivity index (χ0n) is 28.3. The van der Waals surface area contributed by atoms with Gasteiger partial charge in [-0.1, -0.05) is 141 Å². The molecule has 1 aliphatic carbocycles. The number of nitriles is 2. The molecule has 2 atom stereocenters. The second-order valence-corrected chi connectivity index (χ2v) is 12.8. The van der Waals surface area contributed by atoms with Gasteiger partial charge in [0, 0.05) is 23.0 Å². The number of hydrogen-bond acceptors (Lipinski definition) is 2. The zero-order chi connectivity index (χ0) is 34.8. The summed E-state index contributed by atoms with van der Waals surface area (Å²) in [5, 5.41) is 21.0. The number of allylic oxidation sites excluding steroid dienone is 4. The molecular weight excluding hydrogens is 605 g/mol. The summed E-state index contributed by atoms with van der Waals surface area (Å²) in [6, 6.07) is 51.0. The Balaban J connectivity index is 1.52. The van der Waals surface area contributed by atoms with Crippen molar-refractivity contribution >= 4 is 11.1 Å². The fourth-order valence-corrected chi connectivity index (χ4v) is 7.72. The average Bonchev–Trinajstić information content (AvgIpc) is 3.17. The fraction of sp³-hybridized carbons (Fsp3) is 0.0833. The first-order valence-electron chi connectivity index (χ1n) is 16.9. The molecule has 6 aromatic rings. The Hall–Kier alpha value is -6.48. The van der Waals surface area contributed by atoms with Crippen LogP contribution in [0.4, 0.5) is 0 Å². The van der Waals surface area contributed by atoms with Crippen LogP contribution in [-0.2, 0) is 0 Å². The van der Waals surface area contributed by atoms with Crippen molar-refractivity contribution in [1.82, 2.24) is 0 Å². The van der Waals surface area contributed by atoms with E-state index in [-0.39, 0.29) is 11.8 Å². The molecule has 0 bridgehead atoms. The maximum atomic E-state index is 10.6. The minimum absolute atomic E-state index is 0.0831. The number of benzene rings is 6. The minimum atomic E-state index is -0.130. The molecule has 0 aromatic heterocycles. The van der Waals surface area contributed by atoms with Crippen LogP contribution in [0.25, 0.3) is 33.4 Å². The molecule has 1 aliphatic rings. The smallest absolute Gasteiger partial charge is 0.0998 e. The van der Waals surface area contributed by atoms with Gasteiger partial charge in [-0.2, -0.15) is 10.5 Å². The standard InChI is InChI=1S/C48H36N2/c1-5-37(33-17-9-7-10-18-33)38(6-2)45-28-47-44(26-36(45)30-50)32(4)39-21-13-16-24-42(39)48(47)43-27-46(35(29-49)25-31(43)3)41-23-15-14-22-40(41)34-19-11-8-12-20-34/h5-28,32,48H,1-2H2,3-4H3/b38-37-. The highest BCUT2D eigenvalue weighted by molar-refractivity contribution is 6.00. The predicted octanol–water partition coefficient (Wildman–Crippen LogP) is 12.0. The minimum Gasteiger partial charge on any atom is -0.192 e. The molecule has 0 fully saturated rings. The highest BCUT2D eigenvalue weighted by Crippen LogP contribution is 2.50. The number of nitrogens with zero attached hydrogens (tertiary/aromatic N) is 2. The second kappa shape index (κ2) is 13.6. The highest BCUT2D eigenvalue weighted by atomic mass is 14.4. The molecular formula is C48H36N2. The van der Waals surface area contributed by atoms with Crippen molar-refractivity contribution in [2.75, 3.05) is 0 Å². The Morgan fingerprint density at radius 1 is 0.560 bits per heavy atom. The third-order valence-corrected chi connectivity index (χ3v) is 10.1. The first kappa shape index (κ1) is 32.1. The van der Waals surface area contributed by atoms with Crippen LogP contribution in [-0.4, -0.2) is 0 Å². The van der Waals surface area contributed by atoms with Crippen LogP contribution < -0.4 is 0 Å². The number of aryl methyl sites for hydroxylation is 1. The molecule has 0 saturated heterocycles. The molecule has 0 heterocycles. The van der Waals surface area contributed by atoms with E-state index in [4.69, 9.17) is 0 Å². The highest BCUT2D eigenvalue weighted by Gasteiger charge is 2.34. The molecule has 0 aliphatic heterocycles. The molecule has 0 N–H and O–H groups in total. The zero-order valence-corrected chi connectivity index (χ0v) is 28.3. The Morgan fingerprint density at radius 3 is 1.82 bits per heavy atom. The quantitative estimate of drug-likeness (QED) is 0.129. The van der Waals surface area contributed by atoms with E-state index in [9.17, 15) is 10.5 Å². The molecule has 0 amide bonds. The van der Waals surface area contributed by atoms with E-state index < -0.39 is 0 Å². The lowest BCUT2D eigenvalue weighted by Crippen LogP contribution is -2.19. The summed E-state index contributed by atoms with van der Waals surface area (Å²) in [5.74, 6) is -0.0473. The van der Waals surface area contributed by atoms with Gasteiger partial charge in [0.1, 0.15) is 0 Å². The van der Waals surface area contributed by atoms with Gasteiger partial charge in [0.2, 0.25) is 0 Å². The Bertz CT molecular complexity index is 2400. The Kier molecular flexibility index (Phi) is 8.70. The summed E-state index contributed by atoms with van der Waals surface area (Å²) < 4.78 is 0. The van der Waals surface area contributed by atoms with Gasteiger partial charge < -0.3 is 0 Å². The van der Waals surface area contributed by atoms with Crippen molar-refractivity contribution in [2.45, 2.75) is 25.7 Å². The predicted molar refractivity (Wildman–Crippen MR) is 206 cm³/mol. The largest absolute Gasteiger partial charge is 0.192 e. The lowest BCUT2D eigenvalue weighted by molar-refractivity contribution is 0.790. The molecule has 0 saturated carbocycles. The van der Waals surface area contributed by atoms with E-state index in [2.05, 4.69) is 118 Å². The number of hydrogen-bond donors (Lipinski definition) is 0. The van der Waals surface area contributed by atoms with Crippen LogP contribution in [0.5, 0.6) is 0 Å². The summed E-state index contributed by atoms with van der Waals surface area (Å²) >= 11 is 0. The fourth-order valence-electron chi connectivity index (χ4n) is 7.72. The van der Waals surface area contributed by atoms with Crippen LogP contribution in [0.2, 0.25) is 0 Å². The first-order chi connectivity index (χ1) is 24.5. The van der Waals surface area contributed by atoms with E-state index in [1.165, 1.54) is 11.1 Å². The molecule has 2 unspecified atom stereocenters. The van der Waals surface area contributed by atoms with Gasteiger partial charge in [-0.3, -0.25) is 0 Å².